The average Bonchev–Trinajstić information content (AvgIpc) is 2.46. The molecule has 0 spiro atoms. The minimum atomic E-state index is -4.10. The van der Waals surface area contributed by atoms with Gasteiger partial charge in [-0.2, -0.15) is 8.42 Å². The summed E-state index contributed by atoms with van der Waals surface area (Å²) in [5, 5.41) is 0. The quantitative estimate of drug-likeness (QED) is 0.772. The van der Waals surface area contributed by atoms with Gasteiger partial charge in [-0.15, -0.1) is 0 Å². The van der Waals surface area contributed by atoms with Gasteiger partial charge in [-0.3, -0.25) is 0 Å². The van der Waals surface area contributed by atoms with E-state index in [1.54, 1.807) is 18.2 Å². The first kappa shape index (κ1) is 17.5. The number of sulfone groups is 1. The summed E-state index contributed by atoms with van der Waals surface area (Å²) in [6.07, 6.45) is 1.02. The van der Waals surface area contributed by atoms with E-state index in [2.05, 4.69) is 0 Å². The van der Waals surface area contributed by atoms with Crippen molar-refractivity contribution in [3.63, 3.8) is 0 Å². The van der Waals surface area contributed by atoms with Gasteiger partial charge < -0.3 is 4.18 Å². The predicted molar refractivity (Wildman–Crippen MR) is 87.9 cm³/mol. The van der Waals surface area contributed by atoms with Gasteiger partial charge in [0.05, 0.1) is 4.90 Å². The number of benzene rings is 2. The molecule has 0 radical (unpaired) electrons. The maximum absolute atomic E-state index is 12.3. The zero-order valence-corrected chi connectivity index (χ0v) is 14.7. The number of hydrogen-bond acceptors (Lipinski definition) is 5. The summed E-state index contributed by atoms with van der Waals surface area (Å²) in [4.78, 5) is -0.270. The Hall–Kier alpha value is -1.86. The lowest BCUT2D eigenvalue weighted by Crippen LogP contribution is -2.11. The fourth-order valence-corrected chi connectivity index (χ4v) is 3.67. The van der Waals surface area contributed by atoms with Crippen LogP contribution in [-0.4, -0.2) is 23.1 Å². The maximum atomic E-state index is 12.3. The molecule has 0 fully saturated rings. The Morgan fingerprint density at radius 2 is 1.48 bits per heavy atom. The van der Waals surface area contributed by atoms with Crippen molar-refractivity contribution in [3.8, 4) is 5.75 Å². The van der Waals surface area contributed by atoms with Crippen LogP contribution < -0.4 is 4.18 Å². The second-order valence-corrected chi connectivity index (χ2v) is 9.07. The highest BCUT2D eigenvalue weighted by Gasteiger charge is 2.19. The second-order valence-electron chi connectivity index (χ2n) is 5.51. The van der Waals surface area contributed by atoms with Gasteiger partial charge in [-0.05, 0) is 41.8 Å². The molecule has 0 amide bonds. The third-order valence-corrected chi connectivity index (χ3v) is 5.61. The third-order valence-electron chi connectivity index (χ3n) is 3.25. The van der Waals surface area contributed by atoms with E-state index in [-0.39, 0.29) is 21.5 Å². The molecule has 0 unspecified atom stereocenters. The Morgan fingerprint density at radius 1 is 0.870 bits per heavy atom. The van der Waals surface area contributed by atoms with E-state index in [9.17, 15) is 16.8 Å². The third kappa shape index (κ3) is 4.33. The summed E-state index contributed by atoms with van der Waals surface area (Å²) < 4.78 is 52.9. The second kappa shape index (κ2) is 6.33. The first-order chi connectivity index (χ1) is 10.6. The van der Waals surface area contributed by atoms with Crippen molar-refractivity contribution in [1.29, 1.82) is 0 Å². The van der Waals surface area contributed by atoms with Gasteiger partial charge in [0.1, 0.15) is 10.6 Å². The smallest absolute Gasteiger partial charge is 0.339 e. The Kier molecular flexibility index (Phi) is 4.81. The molecule has 0 N–H and O–H groups in total. The molecule has 0 saturated heterocycles. The van der Waals surface area contributed by atoms with Crippen LogP contribution in [0.2, 0.25) is 0 Å². The highest BCUT2D eigenvalue weighted by Crippen LogP contribution is 2.24. The van der Waals surface area contributed by atoms with E-state index in [4.69, 9.17) is 4.18 Å². The fraction of sp³-hybridized carbons (Fsp3) is 0.250. The van der Waals surface area contributed by atoms with Crippen molar-refractivity contribution >= 4 is 20.0 Å². The average molecular weight is 354 g/mol. The van der Waals surface area contributed by atoms with Crippen molar-refractivity contribution in [3.05, 3.63) is 54.1 Å². The van der Waals surface area contributed by atoms with Crippen molar-refractivity contribution in [1.82, 2.24) is 0 Å². The molecule has 0 aliphatic heterocycles. The molecule has 0 aliphatic carbocycles. The minimum Gasteiger partial charge on any atom is -0.379 e. The molecule has 0 heterocycles. The number of rotatable bonds is 5. The molecule has 0 bridgehead atoms. The molecule has 0 aliphatic rings. The van der Waals surface area contributed by atoms with E-state index < -0.39 is 20.0 Å². The summed E-state index contributed by atoms with van der Waals surface area (Å²) in [6.45, 7) is 3.98. The zero-order valence-electron chi connectivity index (χ0n) is 13.1. The van der Waals surface area contributed by atoms with Crippen molar-refractivity contribution in [2.75, 3.05) is 6.26 Å². The molecular weight excluding hydrogens is 336 g/mol. The molecule has 5 nitrogen and oxygen atoms in total. The van der Waals surface area contributed by atoms with Gasteiger partial charge in [0.15, 0.2) is 9.84 Å². The van der Waals surface area contributed by atoms with Crippen LogP contribution in [0.4, 0.5) is 0 Å². The molecule has 2 aromatic carbocycles. The summed E-state index contributed by atoms with van der Waals surface area (Å²) in [7, 11) is -7.60. The Labute approximate surface area is 137 Å². The maximum Gasteiger partial charge on any atom is 0.339 e. The fourth-order valence-electron chi connectivity index (χ4n) is 1.96. The van der Waals surface area contributed by atoms with E-state index in [1.807, 2.05) is 19.9 Å². The molecule has 0 saturated carbocycles. The molecule has 2 rings (SSSR count). The van der Waals surface area contributed by atoms with E-state index in [0.717, 1.165) is 17.9 Å². The van der Waals surface area contributed by atoms with Gasteiger partial charge in [0, 0.05) is 6.26 Å². The van der Waals surface area contributed by atoms with E-state index in [1.165, 1.54) is 18.2 Å². The SMILES string of the molecule is CC(C)c1cccc(OS(=O)(=O)c2cccc(S(C)(=O)=O)c2)c1. The number of hydrogen-bond donors (Lipinski definition) is 0. The van der Waals surface area contributed by atoms with Crippen LogP contribution in [0.5, 0.6) is 5.75 Å². The highest BCUT2D eigenvalue weighted by atomic mass is 32.2. The molecular formula is C16H18O5S2. The van der Waals surface area contributed by atoms with Crippen LogP contribution in [0, 0.1) is 0 Å². The van der Waals surface area contributed by atoms with Crippen LogP contribution in [0.15, 0.2) is 58.3 Å². The molecule has 0 aromatic heterocycles. The standard InChI is InChI=1S/C16H18O5S2/c1-12(2)13-6-4-7-14(10-13)21-23(19,20)16-9-5-8-15(11-16)22(3,17)18/h4-12H,1-3H3. The summed E-state index contributed by atoms with van der Waals surface area (Å²) in [6, 6.07) is 11.9. The lowest BCUT2D eigenvalue weighted by molar-refractivity contribution is 0.485. The Morgan fingerprint density at radius 3 is 2.09 bits per heavy atom. The minimum absolute atomic E-state index is 0.0712. The van der Waals surface area contributed by atoms with Crippen LogP contribution in [0.3, 0.4) is 0 Å². The molecule has 7 heteroatoms. The van der Waals surface area contributed by atoms with E-state index >= 15 is 0 Å². The molecule has 124 valence electrons. The predicted octanol–water partition coefficient (Wildman–Crippen LogP) is 2.98. The molecule has 2 aromatic rings. The van der Waals surface area contributed by atoms with E-state index in [0.29, 0.717) is 0 Å². The van der Waals surface area contributed by atoms with Gasteiger partial charge in [-0.25, -0.2) is 8.42 Å². The molecule has 23 heavy (non-hydrogen) atoms. The summed E-state index contributed by atoms with van der Waals surface area (Å²) >= 11 is 0. The van der Waals surface area contributed by atoms with Crippen LogP contribution in [0.25, 0.3) is 0 Å². The topological polar surface area (TPSA) is 77.5 Å². The molecule has 0 atom stereocenters. The Bertz CT molecular complexity index is 913. The summed E-state index contributed by atoms with van der Waals surface area (Å²) in [5.41, 5.74) is 0.947. The van der Waals surface area contributed by atoms with Gasteiger partial charge in [0.25, 0.3) is 0 Å². The highest BCUT2D eigenvalue weighted by molar-refractivity contribution is 7.90. The van der Waals surface area contributed by atoms with Crippen molar-refractivity contribution in [2.24, 2.45) is 0 Å². The van der Waals surface area contributed by atoms with Gasteiger partial charge in [0.2, 0.25) is 0 Å². The Balaban J connectivity index is 2.38. The van der Waals surface area contributed by atoms with Crippen molar-refractivity contribution in [2.45, 2.75) is 29.6 Å². The monoisotopic (exact) mass is 354 g/mol. The lowest BCUT2D eigenvalue weighted by Gasteiger charge is -2.10. The first-order valence-corrected chi connectivity index (χ1v) is 10.2. The zero-order chi connectivity index (χ0) is 17.3. The summed E-state index contributed by atoms with van der Waals surface area (Å²) in [5.74, 6) is 0.427. The van der Waals surface area contributed by atoms with Crippen LogP contribution in [0.1, 0.15) is 25.3 Å². The normalized spacial score (nSPS) is 12.3. The van der Waals surface area contributed by atoms with Gasteiger partial charge in [-0.1, -0.05) is 32.0 Å². The van der Waals surface area contributed by atoms with Gasteiger partial charge >= 0.3 is 10.1 Å². The largest absolute Gasteiger partial charge is 0.379 e. The van der Waals surface area contributed by atoms with Crippen LogP contribution >= 0.6 is 0 Å². The lowest BCUT2D eigenvalue weighted by atomic mass is 10.0. The van der Waals surface area contributed by atoms with Crippen molar-refractivity contribution < 1.29 is 21.0 Å². The van der Waals surface area contributed by atoms with Crippen LogP contribution in [-0.2, 0) is 20.0 Å². The first-order valence-electron chi connectivity index (χ1n) is 6.94.